The lowest BCUT2D eigenvalue weighted by Gasteiger charge is -2.10. The number of ether oxygens (including phenoxy) is 1. The molecule has 25 heavy (non-hydrogen) atoms. The Labute approximate surface area is 143 Å². The maximum absolute atomic E-state index is 11.6. The minimum Gasteiger partial charge on any atom is -0.452 e. The monoisotopic (exact) mass is 368 g/mol. The van der Waals surface area contributed by atoms with Gasteiger partial charge in [-0.1, -0.05) is 0 Å². The van der Waals surface area contributed by atoms with Crippen LogP contribution in [0.1, 0.15) is 12.0 Å². The Bertz CT molecular complexity index is 800. The summed E-state index contributed by atoms with van der Waals surface area (Å²) in [6.45, 7) is -0.514. The van der Waals surface area contributed by atoms with Gasteiger partial charge in [0.25, 0.3) is 11.6 Å². The van der Waals surface area contributed by atoms with Crippen LogP contribution in [0.2, 0.25) is 0 Å². The van der Waals surface area contributed by atoms with Gasteiger partial charge >= 0.3 is 5.97 Å². The molecule has 1 N–H and O–H groups in total. The molecule has 1 fully saturated rings. The summed E-state index contributed by atoms with van der Waals surface area (Å²) in [6, 6.07) is 5.08. The summed E-state index contributed by atoms with van der Waals surface area (Å²) in [4.78, 5) is 33.2. The molecule has 1 aliphatic rings. The van der Waals surface area contributed by atoms with Crippen LogP contribution in [0.15, 0.2) is 30.3 Å². The van der Waals surface area contributed by atoms with E-state index < -0.39 is 39.3 Å². The minimum absolute atomic E-state index is 0.0374. The van der Waals surface area contributed by atoms with Gasteiger partial charge in [-0.3, -0.25) is 14.9 Å². The normalized spacial score (nSPS) is 18.8. The Kier molecular flexibility index (Phi) is 5.86. The highest BCUT2D eigenvalue weighted by molar-refractivity contribution is 7.91. The first kappa shape index (κ1) is 18.6. The van der Waals surface area contributed by atoms with E-state index >= 15 is 0 Å². The van der Waals surface area contributed by atoms with Crippen LogP contribution in [-0.4, -0.2) is 49.4 Å². The molecule has 1 amide bonds. The summed E-state index contributed by atoms with van der Waals surface area (Å²) in [7, 11) is -3.10. The third-order valence-corrected chi connectivity index (χ3v) is 5.23. The Hall–Kier alpha value is -2.75. The second kappa shape index (κ2) is 7.88. The van der Waals surface area contributed by atoms with Crippen LogP contribution >= 0.6 is 0 Å². The van der Waals surface area contributed by atoms with Crippen molar-refractivity contribution >= 4 is 33.5 Å². The molecule has 1 heterocycles. The summed E-state index contributed by atoms with van der Waals surface area (Å²) in [5.41, 5.74) is 0.494. The van der Waals surface area contributed by atoms with Gasteiger partial charge in [0.05, 0.1) is 16.4 Å². The molecule has 0 spiro atoms. The van der Waals surface area contributed by atoms with Crippen LogP contribution in [0.4, 0.5) is 5.69 Å². The molecule has 2 rings (SSSR count). The molecule has 0 radical (unpaired) electrons. The molecule has 1 aliphatic heterocycles. The van der Waals surface area contributed by atoms with E-state index in [-0.39, 0.29) is 17.2 Å². The van der Waals surface area contributed by atoms with Crippen molar-refractivity contribution in [2.75, 3.05) is 18.1 Å². The zero-order valence-corrected chi connectivity index (χ0v) is 13.9. The van der Waals surface area contributed by atoms with Gasteiger partial charge in [0.1, 0.15) is 0 Å². The number of nitro benzene ring substituents is 1. The number of hydrogen-bond donors (Lipinski definition) is 1. The molecule has 10 heteroatoms. The number of hydrogen-bond acceptors (Lipinski definition) is 7. The zero-order valence-electron chi connectivity index (χ0n) is 13.1. The predicted octanol–water partition coefficient (Wildman–Crippen LogP) is 0.455. The van der Waals surface area contributed by atoms with E-state index in [4.69, 9.17) is 4.74 Å². The molecule has 9 nitrogen and oxygen atoms in total. The van der Waals surface area contributed by atoms with Crippen molar-refractivity contribution in [1.82, 2.24) is 5.32 Å². The number of rotatable bonds is 6. The van der Waals surface area contributed by atoms with E-state index in [9.17, 15) is 28.1 Å². The molecular formula is C15H16N2O7S. The molecule has 134 valence electrons. The molecule has 0 bridgehead atoms. The first-order chi connectivity index (χ1) is 11.7. The van der Waals surface area contributed by atoms with Gasteiger partial charge in [0.15, 0.2) is 16.4 Å². The molecule has 0 unspecified atom stereocenters. The van der Waals surface area contributed by atoms with Crippen molar-refractivity contribution in [2.45, 2.75) is 12.5 Å². The summed E-state index contributed by atoms with van der Waals surface area (Å²) < 4.78 is 27.3. The van der Waals surface area contributed by atoms with Crippen LogP contribution < -0.4 is 5.32 Å². The van der Waals surface area contributed by atoms with Crippen molar-refractivity contribution < 1.29 is 27.7 Å². The fraction of sp³-hybridized carbons (Fsp3) is 0.333. The van der Waals surface area contributed by atoms with E-state index in [0.717, 1.165) is 6.08 Å². The number of carbonyl (C=O) groups is 2. The molecule has 1 atom stereocenters. The maximum atomic E-state index is 11.6. The SMILES string of the molecule is O=C(COC(=O)/C=C/c1ccc([N+](=O)[O-])cc1)N[C@H]1CCS(=O)(=O)C1. The van der Waals surface area contributed by atoms with Crippen molar-refractivity contribution in [3.8, 4) is 0 Å². The van der Waals surface area contributed by atoms with Crippen molar-refractivity contribution in [3.05, 3.63) is 46.0 Å². The van der Waals surface area contributed by atoms with Crippen molar-refractivity contribution in [2.24, 2.45) is 0 Å². The van der Waals surface area contributed by atoms with Crippen LogP contribution in [0.25, 0.3) is 6.08 Å². The standard InChI is InChI=1S/C15H16N2O7S/c18-14(16-12-7-8-25(22,23)10-12)9-24-15(19)6-3-11-1-4-13(5-2-11)17(20)21/h1-6,12H,7-10H2,(H,16,18)/b6-3+/t12-/m0/s1. The molecule has 0 aromatic heterocycles. The molecule has 1 aromatic rings. The quantitative estimate of drug-likeness (QED) is 0.334. The fourth-order valence-corrected chi connectivity index (χ4v) is 3.91. The van der Waals surface area contributed by atoms with Crippen LogP contribution in [0.3, 0.4) is 0 Å². The number of sulfone groups is 1. The number of nitrogens with one attached hydrogen (secondary N) is 1. The van der Waals surface area contributed by atoms with Gasteiger partial charge in [0, 0.05) is 24.3 Å². The maximum Gasteiger partial charge on any atom is 0.331 e. The van der Waals surface area contributed by atoms with Crippen LogP contribution in [0.5, 0.6) is 0 Å². The van der Waals surface area contributed by atoms with Crippen LogP contribution in [0, 0.1) is 10.1 Å². The van der Waals surface area contributed by atoms with E-state index in [2.05, 4.69) is 5.32 Å². The minimum atomic E-state index is -3.10. The molecule has 0 aliphatic carbocycles. The lowest BCUT2D eigenvalue weighted by atomic mass is 10.2. The number of amides is 1. The van der Waals surface area contributed by atoms with E-state index in [1.54, 1.807) is 0 Å². The molecular weight excluding hydrogens is 352 g/mol. The summed E-state index contributed by atoms with van der Waals surface area (Å²) in [5.74, 6) is -1.39. The van der Waals surface area contributed by atoms with Crippen LogP contribution in [-0.2, 0) is 24.2 Å². The lowest BCUT2D eigenvalue weighted by molar-refractivity contribution is -0.384. The second-order valence-electron chi connectivity index (χ2n) is 5.46. The highest BCUT2D eigenvalue weighted by Gasteiger charge is 2.28. The Morgan fingerprint density at radius 2 is 2.00 bits per heavy atom. The number of nitrogens with zero attached hydrogens (tertiary/aromatic N) is 1. The lowest BCUT2D eigenvalue weighted by Crippen LogP contribution is -2.38. The number of carbonyl (C=O) groups excluding carboxylic acids is 2. The summed E-state index contributed by atoms with van der Waals surface area (Å²) in [5, 5.41) is 13.0. The number of nitro groups is 1. The first-order valence-electron chi connectivity index (χ1n) is 7.34. The smallest absolute Gasteiger partial charge is 0.331 e. The van der Waals surface area contributed by atoms with Crippen molar-refractivity contribution in [3.63, 3.8) is 0 Å². The predicted molar refractivity (Wildman–Crippen MR) is 88.3 cm³/mol. The second-order valence-corrected chi connectivity index (χ2v) is 7.69. The third-order valence-electron chi connectivity index (χ3n) is 3.46. The number of benzene rings is 1. The summed E-state index contributed by atoms with van der Waals surface area (Å²) >= 11 is 0. The number of non-ortho nitro benzene ring substituents is 1. The van der Waals surface area contributed by atoms with Gasteiger partial charge in [-0.15, -0.1) is 0 Å². The Morgan fingerprint density at radius 1 is 1.32 bits per heavy atom. The Balaban J connectivity index is 1.76. The van der Waals surface area contributed by atoms with Gasteiger partial charge in [-0.2, -0.15) is 0 Å². The van der Waals surface area contributed by atoms with E-state index in [1.165, 1.54) is 30.3 Å². The molecule has 1 saturated heterocycles. The van der Waals surface area contributed by atoms with Gasteiger partial charge in [-0.25, -0.2) is 13.2 Å². The van der Waals surface area contributed by atoms with Gasteiger partial charge in [-0.05, 0) is 30.2 Å². The Morgan fingerprint density at radius 3 is 2.56 bits per heavy atom. The largest absolute Gasteiger partial charge is 0.452 e. The average molecular weight is 368 g/mol. The topological polar surface area (TPSA) is 133 Å². The highest BCUT2D eigenvalue weighted by Crippen LogP contribution is 2.13. The third kappa shape index (κ3) is 5.99. The van der Waals surface area contributed by atoms with E-state index in [0.29, 0.717) is 12.0 Å². The highest BCUT2D eigenvalue weighted by atomic mass is 32.2. The average Bonchev–Trinajstić information content (AvgIpc) is 2.90. The first-order valence-corrected chi connectivity index (χ1v) is 9.16. The van der Waals surface area contributed by atoms with Crippen molar-refractivity contribution in [1.29, 1.82) is 0 Å². The van der Waals surface area contributed by atoms with E-state index in [1.807, 2.05) is 0 Å². The summed E-state index contributed by atoms with van der Waals surface area (Å²) in [6.07, 6.45) is 2.84. The number of esters is 1. The van der Waals surface area contributed by atoms with Gasteiger partial charge < -0.3 is 10.1 Å². The molecule has 0 saturated carbocycles. The van der Waals surface area contributed by atoms with Gasteiger partial charge in [0.2, 0.25) is 0 Å². The zero-order chi connectivity index (χ0) is 18.4. The molecule has 1 aromatic carbocycles. The fourth-order valence-electron chi connectivity index (χ4n) is 2.23.